The standard InChI is InChI=1S/C10H10F3N5O2/c1-6(8-14-5-20-17-8)15-9(19)7-2-3-18(16-7)4-10(11,12)13/h2-3,5-6H,4H2,1H3,(H,15,19). The van der Waals surface area contributed by atoms with Crippen LogP contribution in [0.5, 0.6) is 0 Å². The highest BCUT2D eigenvalue weighted by Gasteiger charge is 2.28. The fourth-order valence-corrected chi connectivity index (χ4v) is 1.46. The van der Waals surface area contributed by atoms with Crippen LogP contribution in [0, 0.1) is 0 Å². The number of nitrogens with one attached hydrogen (secondary N) is 1. The summed E-state index contributed by atoms with van der Waals surface area (Å²) in [6.45, 7) is 0.357. The van der Waals surface area contributed by atoms with Gasteiger partial charge in [0.1, 0.15) is 12.2 Å². The summed E-state index contributed by atoms with van der Waals surface area (Å²) in [6.07, 6.45) is -2.20. The van der Waals surface area contributed by atoms with Crippen LogP contribution in [0.3, 0.4) is 0 Å². The van der Waals surface area contributed by atoms with E-state index >= 15 is 0 Å². The van der Waals surface area contributed by atoms with Gasteiger partial charge < -0.3 is 9.84 Å². The van der Waals surface area contributed by atoms with Crippen molar-refractivity contribution in [3.05, 3.63) is 30.2 Å². The largest absolute Gasteiger partial charge is 0.408 e. The highest BCUT2D eigenvalue weighted by molar-refractivity contribution is 5.92. The van der Waals surface area contributed by atoms with Crippen molar-refractivity contribution in [3.8, 4) is 0 Å². The highest BCUT2D eigenvalue weighted by atomic mass is 19.4. The van der Waals surface area contributed by atoms with E-state index < -0.39 is 24.7 Å². The summed E-state index contributed by atoms with van der Waals surface area (Å²) >= 11 is 0. The third-order valence-electron chi connectivity index (χ3n) is 2.33. The van der Waals surface area contributed by atoms with Crippen LogP contribution in [0.25, 0.3) is 0 Å². The molecule has 108 valence electrons. The number of halogens is 3. The molecular weight excluding hydrogens is 279 g/mol. The zero-order valence-electron chi connectivity index (χ0n) is 10.3. The highest BCUT2D eigenvalue weighted by Crippen LogP contribution is 2.17. The van der Waals surface area contributed by atoms with Crippen molar-refractivity contribution < 1.29 is 22.5 Å². The number of nitrogens with zero attached hydrogens (tertiary/aromatic N) is 4. The number of amides is 1. The number of carbonyl (C=O) groups excluding carboxylic acids is 1. The third kappa shape index (κ3) is 3.56. The molecule has 0 radical (unpaired) electrons. The lowest BCUT2D eigenvalue weighted by atomic mass is 10.3. The van der Waals surface area contributed by atoms with Gasteiger partial charge in [0.05, 0.1) is 6.04 Å². The summed E-state index contributed by atoms with van der Waals surface area (Å²) in [5, 5.41) is 9.59. The molecule has 1 amide bonds. The molecule has 0 aliphatic carbocycles. The van der Waals surface area contributed by atoms with Crippen LogP contribution < -0.4 is 5.32 Å². The first kappa shape index (κ1) is 14.0. The summed E-state index contributed by atoms with van der Waals surface area (Å²) in [5.74, 6) is -0.365. The Hall–Kier alpha value is -2.39. The van der Waals surface area contributed by atoms with Gasteiger partial charge in [0.15, 0.2) is 5.82 Å². The van der Waals surface area contributed by atoms with Gasteiger partial charge >= 0.3 is 6.18 Å². The predicted octanol–water partition coefficient (Wildman–Crippen LogP) is 1.32. The van der Waals surface area contributed by atoms with Gasteiger partial charge in [-0.15, -0.1) is 0 Å². The number of rotatable bonds is 4. The Bertz CT molecular complexity index is 578. The number of hydrogen-bond acceptors (Lipinski definition) is 5. The van der Waals surface area contributed by atoms with E-state index in [4.69, 9.17) is 0 Å². The molecule has 0 spiro atoms. The quantitative estimate of drug-likeness (QED) is 0.917. The molecule has 0 aliphatic heterocycles. The van der Waals surface area contributed by atoms with Crippen molar-refractivity contribution in [3.63, 3.8) is 0 Å². The van der Waals surface area contributed by atoms with Crippen LogP contribution in [0.4, 0.5) is 13.2 Å². The second-order valence-corrected chi connectivity index (χ2v) is 4.00. The fourth-order valence-electron chi connectivity index (χ4n) is 1.46. The van der Waals surface area contributed by atoms with Crippen LogP contribution in [-0.2, 0) is 6.54 Å². The molecule has 0 aromatic carbocycles. The van der Waals surface area contributed by atoms with E-state index in [-0.39, 0.29) is 11.5 Å². The fraction of sp³-hybridized carbons (Fsp3) is 0.400. The molecule has 1 N–H and O–H groups in total. The molecule has 0 aliphatic rings. The molecule has 0 saturated heterocycles. The molecule has 1 unspecified atom stereocenters. The van der Waals surface area contributed by atoms with E-state index in [0.29, 0.717) is 4.68 Å². The van der Waals surface area contributed by atoms with Crippen molar-refractivity contribution in [2.45, 2.75) is 25.7 Å². The number of hydrogen-bond donors (Lipinski definition) is 1. The number of carbonyl (C=O) groups is 1. The van der Waals surface area contributed by atoms with Gasteiger partial charge in [0.25, 0.3) is 5.91 Å². The first-order chi connectivity index (χ1) is 9.35. The average molecular weight is 289 g/mol. The minimum absolute atomic E-state index is 0.121. The van der Waals surface area contributed by atoms with Gasteiger partial charge in [0.2, 0.25) is 6.39 Å². The lowest BCUT2D eigenvalue weighted by Gasteiger charge is -2.08. The Morgan fingerprint density at radius 3 is 2.90 bits per heavy atom. The smallest absolute Gasteiger partial charge is 0.343 e. The average Bonchev–Trinajstić information content (AvgIpc) is 2.96. The molecule has 20 heavy (non-hydrogen) atoms. The van der Waals surface area contributed by atoms with Crippen LogP contribution in [0.2, 0.25) is 0 Å². The molecule has 2 rings (SSSR count). The van der Waals surface area contributed by atoms with E-state index in [1.807, 2.05) is 0 Å². The van der Waals surface area contributed by atoms with Crippen LogP contribution in [-0.4, -0.2) is 32.0 Å². The van der Waals surface area contributed by atoms with E-state index in [9.17, 15) is 18.0 Å². The first-order valence-electron chi connectivity index (χ1n) is 5.52. The van der Waals surface area contributed by atoms with Crippen LogP contribution in [0.15, 0.2) is 23.2 Å². The molecule has 0 bridgehead atoms. The second kappa shape index (κ2) is 5.31. The maximum Gasteiger partial charge on any atom is 0.408 e. The minimum atomic E-state index is -4.39. The van der Waals surface area contributed by atoms with Crippen molar-refractivity contribution >= 4 is 5.91 Å². The number of alkyl halides is 3. The maximum atomic E-state index is 12.2. The SMILES string of the molecule is CC(NC(=O)c1ccn(CC(F)(F)F)n1)c1ncon1. The van der Waals surface area contributed by atoms with E-state index in [1.54, 1.807) is 6.92 Å². The molecule has 0 saturated carbocycles. The van der Waals surface area contributed by atoms with Gasteiger partial charge in [-0.25, -0.2) is 0 Å². The monoisotopic (exact) mass is 289 g/mol. The van der Waals surface area contributed by atoms with E-state index in [1.165, 1.54) is 6.07 Å². The molecule has 0 fully saturated rings. The van der Waals surface area contributed by atoms with Crippen LogP contribution >= 0.6 is 0 Å². The van der Waals surface area contributed by atoms with Gasteiger partial charge in [0, 0.05) is 6.20 Å². The molecular formula is C10H10F3N5O2. The molecule has 10 heteroatoms. The lowest BCUT2D eigenvalue weighted by molar-refractivity contribution is -0.142. The summed E-state index contributed by atoms with van der Waals surface area (Å²) < 4.78 is 41.6. The van der Waals surface area contributed by atoms with E-state index in [0.717, 1.165) is 12.6 Å². The number of aromatic nitrogens is 4. The molecule has 7 nitrogen and oxygen atoms in total. The Balaban J connectivity index is 1.99. The first-order valence-corrected chi connectivity index (χ1v) is 5.52. The summed E-state index contributed by atoms with van der Waals surface area (Å²) in [5.41, 5.74) is -0.121. The lowest BCUT2D eigenvalue weighted by Crippen LogP contribution is -2.28. The van der Waals surface area contributed by atoms with E-state index in [2.05, 4.69) is 25.1 Å². The summed E-state index contributed by atoms with van der Waals surface area (Å²) in [4.78, 5) is 15.5. The summed E-state index contributed by atoms with van der Waals surface area (Å²) in [6, 6.07) is 0.651. The topological polar surface area (TPSA) is 85.8 Å². The van der Waals surface area contributed by atoms with Crippen molar-refractivity contribution in [1.82, 2.24) is 25.2 Å². The van der Waals surface area contributed by atoms with Gasteiger partial charge in [-0.3, -0.25) is 9.48 Å². The van der Waals surface area contributed by atoms with Crippen molar-refractivity contribution in [2.75, 3.05) is 0 Å². The zero-order chi connectivity index (χ0) is 14.8. The van der Waals surface area contributed by atoms with Gasteiger partial charge in [-0.1, -0.05) is 5.16 Å². The summed E-state index contributed by atoms with van der Waals surface area (Å²) in [7, 11) is 0. The predicted molar refractivity (Wildman–Crippen MR) is 58.5 cm³/mol. The van der Waals surface area contributed by atoms with Crippen molar-refractivity contribution in [2.24, 2.45) is 0 Å². The Kier molecular flexibility index (Phi) is 3.72. The second-order valence-electron chi connectivity index (χ2n) is 4.00. The van der Waals surface area contributed by atoms with Crippen molar-refractivity contribution in [1.29, 1.82) is 0 Å². The molecule has 2 heterocycles. The van der Waals surface area contributed by atoms with Gasteiger partial charge in [-0.2, -0.15) is 23.3 Å². The molecule has 2 aromatic rings. The molecule has 2 aromatic heterocycles. The van der Waals surface area contributed by atoms with Gasteiger partial charge in [-0.05, 0) is 13.0 Å². The maximum absolute atomic E-state index is 12.2. The Morgan fingerprint density at radius 1 is 1.55 bits per heavy atom. The minimum Gasteiger partial charge on any atom is -0.343 e. The zero-order valence-corrected chi connectivity index (χ0v) is 10.3. The third-order valence-corrected chi connectivity index (χ3v) is 2.33. The molecule has 1 atom stereocenters. The Labute approximate surface area is 110 Å². The Morgan fingerprint density at radius 2 is 2.30 bits per heavy atom. The normalized spacial score (nSPS) is 13.2. The van der Waals surface area contributed by atoms with Crippen LogP contribution in [0.1, 0.15) is 29.3 Å².